The first-order valence-electron chi connectivity index (χ1n) is 10.4. The van der Waals surface area contributed by atoms with Crippen LogP contribution in [-0.2, 0) is 6.54 Å². The Bertz CT molecular complexity index is 1400. The van der Waals surface area contributed by atoms with Gasteiger partial charge in [0.2, 0.25) is 5.43 Å². The number of nitrogens with zero attached hydrogens (tertiary/aromatic N) is 2. The number of aromatic nitrogens is 2. The van der Waals surface area contributed by atoms with Crippen molar-refractivity contribution in [2.45, 2.75) is 41.2 Å². The minimum Gasteiger partial charge on any atom is -0.327 e. The van der Waals surface area contributed by atoms with Crippen LogP contribution in [0.1, 0.15) is 49.4 Å². The molecule has 0 aliphatic heterocycles. The van der Waals surface area contributed by atoms with Gasteiger partial charge in [-0.05, 0) is 69.5 Å². The SMILES string of the molecule is Cc1ccc(C)c(Cn2cc(C(=O)c3cc(C)ccc3C)c(=O)c3ccc(C)nc32)c1. The Kier molecular flexibility index (Phi) is 5.32. The van der Waals surface area contributed by atoms with Gasteiger partial charge in [0.05, 0.1) is 10.9 Å². The van der Waals surface area contributed by atoms with Crippen LogP contribution in [-0.4, -0.2) is 15.3 Å². The van der Waals surface area contributed by atoms with Crippen molar-refractivity contribution in [1.82, 2.24) is 9.55 Å². The second kappa shape index (κ2) is 7.95. The predicted octanol–water partition coefficient (Wildman–Crippen LogP) is 5.22. The zero-order chi connectivity index (χ0) is 22.3. The Labute approximate surface area is 182 Å². The lowest BCUT2D eigenvalue weighted by Crippen LogP contribution is -2.21. The molecule has 0 aliphatic carbocycles. The minimum absolute atomic E-state index is 0.178. The highest BCUT2D eigenvalue weighted by Gasteiger charge is 2.20. The van der Waals surface area contributed by atoms with E-state index in [4.69, 9.17) is 0 Å². The van der Waals surface area contributed by atoms with E-state index in [1.165, 1.54) is 5.56 Å². The van der Waals surface area contributed by atoms with Crippen LogP contribution < -0.4 is 5.43 Å². The maximum absolute atomic E-state index is 13.4. The average molecular weight is 411 g/mol. The topological polar surface area (TPSA) is 52.0 Å². The standard InChI is InChI=1S/C27H26N2O2/c1-16-6-8-18(3)21(12-16)14-29-15-24(25(30)22-11-10-20(5)28-27(22)29)26(31)23-13-17(2)7-9-19(23)4/h6-13,15H,14H2,1-5H3. The van der Waals surface area contributed by atoms with E-state index in [0.717, 1.165) is 27.9 Å². The first-order valence-corrected chi connectivity index (χ1v) is 10.4. The molecular weight excluding hydrogens is 384 g/mol. The van der Waals surface area contributed by atoms with Gasteiger partial charge in [-0.15, -0.1) is 0 Å². The van der Waals surface area contributed by atoms with Crippen LogP contribution in [0.25, 0.3) is 11.0 Å². The second-order valence-corrected chi connectivity index (χ2v) is 8.40. The van der Waals surface area contributed by atoms with Gasteiger partial charge in [0, 0.05) is 24.0 Å². The molecule has 2 aromatic carbocycles. The highest BCUT2D eigenvalue weighted by Crippen LogP contribution is 2.20. The van der Waals surface area contributed by atoms with Crippen molar-refractivity contribution < 1.29 is 4.79 Å². The summed E-state index contributed by atoms with van der Waals surface area (Å²) in [7, 11) is 0. The number of rotatable bonds is 4. The summed E-state index contributed by atoms with van der Waals surface area (Å²) in [6, 6.07) is 15.7. The van der Waals surface area contributed by atoms with Gasteiger partial charge < -0.3 is 4.57 Å². The van der Waals surface area contributed by atoms with Crippen LogP contribution in [0, 0.1) is 34.6 Å². The summed E-state index contributed by atoms with van der Waals surface area (Å²) in [5, 5.41) is 0.465. The molecule has 0 aliphatic rings. The van der Waals surface area contributed by atoms with Crippen LogP contribution in [0.4, 0.5) is 0 Å². The van der Waals surface area contributed by atoms with Crippen molar-refractivity contribution in [2.75, 3.05) is 0 Å². The monoisotopic (exact) mass is 410 g/mol. The summed E-state index contributed by atoms with van der Waals surface area (Å²) in [5.41, 5.74) is 7.21. The smallest absolute Gasteiger partial charge is 0.202 e. The van der Waals surface area contributed by atoms with Gasteiger partial charge in [0.25, 0.3) is 0 Å². The molecule has 4 nitrogen and oxygen atoms in total. The summed E-state index contributed by atoms with van der Waals surface area (Å²) in [6.45, 7) is 10.4. The Balaban J connectivity index is 1.95. The Morgan fingerprint density at radius 1 is 0.839 bits per heavy atom. The van der Waals surface area contributed by atoms with E-state index in [-0.39, 0.29) is 16.8 Å². The highest BCUT2D eigenvalue weighted by molar-refractivity contribution is 6.11. The first kappa shape index (κ1) is 20.7. The van der Waals surface area contributed by atoms with E-state index in [0.29, 0.717) is 23.1 Å². The maximum Gasteiger partial charge on any atom is 0.202 e. The van der Waals surface area contributed by atoms with Gasteiger partial charge in [0.1, 0.15) is 5.65 Å². The van der Waals surface area contributed by atoms with Crippen LogP contribution in [0.3, 0.4) is 0 Å². The zero-order valence-electron chi connectivity index (χ0n) is 18.6. The predicted molar refractivity (Wildman–Crippen MR) is 125 cm³/mol. The third kappa shape index (κ3) is 3.93. The molecule has 0 radical (unpaired) electrons. The number of carbonyl (C=O) groups excluding carboxylic acids is 1. The van der Waals surface area contributed by atoms with Gasteiger partial charge in [-0.3, -0.25) is 9.59 Å². The molecule has 156 valence electrons. The van der Waals surface area contributed by atoms with E-state index < -0.39 is 0 Å². The number of aryl methyl sites for hydroxylation is 5. The Morgan fingerprint density at radius 2 is 1.52 bits per heavy atom. The van der Waals surface area contributed by atoms with E-state index in [2.05, 4.69) is 37.0 Å². The number of hydrogen-bond donors (Lipinski definition) is 0. The molecule has 0 amide bonds. The number of benzene rings is 2. The van der Waals surface area contributed by atoms with Crippen molar-refractivity contribution in [3.05, 3.63) is 110 Å². The molecular formula is C27H26N2O2. The minimum atomic E-state index is -0.273. The molecule has 0 atom stereocenters. The first-order chi connectivity index (χ1) is 14.7. The third-order valence-corrected chi connectivity index (χ3v) is 5.79. The van der Waals surface area contributed by atoms with Crippen molar-refractivity contribution in [3.63, 3.8) is 0 Å². The number of hydrogen-bond acceptors (Lipinski definition) is 3. The fraction of sp³-hybridized carbons (Fsp3) is 0.222. The zero-order valence-corrected chi connectivity index (χ0v) is 18.6. The van der Waals surface area contributed by atoms with Crippen LogP contribution in [0.5, 0.6) is 0 Å². The molecule has 4 rings (SSSR count). The van der Waals surface area contributed by atoms with Gasteiger partial charge in [-0.25, -0.2) is 4.98 Å². The molecule has 4 heteroatoms. The largest absolute Gasteiger partial charge is 0.327 e. The summed E-state index contributed by atoms with van der Waals surface area (Å²) in [5.74, 6) is -0.247. The van der Waals surface area contributed by atoms with Gasteiger partial charge in [-0.2, -0.15) is 0 Å². The molecule has 0 fully saturated rings. The van der Waals surface area contributed by atoms with E-state index in [9.17, 15) is 9.59 Å². The van der Waals surface area contributed by atoms with Gasteiger partial charge in [0.15, 0.2) is 5.78 Å². The number of pyridine rings is 2. The van der Waals surface area contributed by atoms with Crippen LogP contribution in [0.2, 0.25) is 0 Å². The normalized spacial score (nSPS) is 11.1. The molecule has 0 saturated heterocycles. The molecule has 2 heterocycles. The second-order valence-electron chi connectivity index (χ2n) is 8.40. The molecule has 31 heavy (non-hydrogen) atoms. The maximum atomic E-state index is 13.4. The summed E-state index contributed by atoms with van der Waals surface area (Å²) in [4.78, 5) is 31.4. The van der Waals surface area contributed by atoms with E-state index in [1.54, 1.807) is 12.3 Å². The third-order valence-electron chi connectivity index (χ3n) is 5.79. The highest BCUT2D eigenvalue weighted by atomic mass is 16.1. The molecule has 0 saturated carbocycles. The van der Waals surface area contributed by atoms with Crippen molar-refractivity contribution >= 4 is 16.8 Å². The fourth-order valence-corrected chi connectivity index (χ4v) is 3.92. The molecule has 0 N–H and O–H groups in total. The Morgan fingerprint density at radius 3 is 2.26 bits per heavy atom. The molecule has 2 aromatic heterocycles. The number of fused-ring (bicyclic) bond motifs is 1. The average Bonchev–Trinajstić information content (AvgIpc) is 2.73. The molecule has 0 unspecified atom stereocenters. The van der Waals surface area contributed by atoms with Gasteiger partial charge in [-0.1, -0.05) is 41.5 Å². The summed E-state index contributed by atoms with van der Waals surface area (Å²) >= 11 is 0. The fourth-order valence-electron chi connectivity index (χ4n) is 3.92. The quantitative estimate of drug-likeness (QED) is 0.434. The molecule has 0 spiro atoms. The van der Waals surface area contributed by atoms with Crippen molar-refractivity contribution in [1.29, 1.82) is 0 Å². The van der Waals surface area contributed by atoms with Crippen LogP contribution >= 0.6 is 0 Å². The number of ketones is 1. The lowest BCUT2D eigenvalue weighted by Gasteiger charge is -2.15. The van der Waals surface area contributed by atoms with E-state index >= 15 is 0 Å². The molecule has 4 aromatic rings. The van der Waals surface area contributed by atoms with Crippen molar-refractivity contribution in [3.8, 4) is 0 Å². The lowest BCUT2D eigenvalue weighted by molar-refractivity contribution is 0.103. The lowest BCUT2D eigenvalue weighted by atomic mass is 9.97. The van der Waals surface area contributed by atoms with Crippen molar-refractivity contribution in [2.24, 2.45) is 0 Å². The van der Waals surface area contributed by atoms with E-state index in [1.807, 2.05) is 49.6 Å². The van der Waals surface area contributed by atoms with Crippen LogP contribution in [0.15, 0.2) is 59.5 Å². The summed E-state index contributed by atoms with van der Waals surface area (Å²) in [6.07, 6.45) is 1.68. The van der Waals surface area contributed by atoms with Gasteiger partial charge >= 0.3 is 0 Å². The Hall–Kier alpha value is -3.53. The summed E-state index contributed by atoms with van der Waals surface area (Å²) < 4.78 is 1.93. The number of carbonyl (C=O) groups is 1. The molecule has 0 bridgehead atoms.